The van der Waals surface area contributed by atoms with Gasteiger partial charge in [0.25, 0.3) is 5.91 Å². The highest BCUT2D eigenvalue weighted by atomic mass is 35.5. The van der Waals surface area contributed by atoms with Gasteiger partial charge < -0.3 is 15.1 Å². The highest BCUT2D eigenvalue weighted by Gasteiger charge is 2.63. The first kappa shape index (κ1) is 21.4. The molecule has 3 atom stereocenters. The molecule has 35 heavy (non-hydrogen) atoms. The second-order valence-electron chi connectivity index (χ2n) is 9.06. The summed E-state index contributed by atoms with van der Waals surface area (Å²) in [7, 11) is 0. The quantitative estimate of drug-likeness (QED) is 0.540. The van der Waals surface area contributed by atoms with Gasteiger partial charge in [0.1, 0.15) is 12.1 Å². The molecule has 6 rings (SSSR count). The second kappa shape index (κ2) is 7.72. The molecular weight excluding hydrogens is 466 g/mol. The molecular formula is C26H20ClN5O3. The number of benzene rings is 3. The average molecular weight is 486 g/mol. The van der Waals surface area contributed by atoms with Crippen LogP contribution in [0.15, 0.2) is 54.6 Å². The summed E-state index contributed by atoms with van der Waals surface area (Å²) in [6.45, 7) is 2.04. The molecule has 1 unspecified atom stereocenters. The molecule has 9 heteroatoms. The second-order valence-corrected chi connectivity index (χ2v) is 9.44. The third kappa shape index (κ3) is 3.01. The lowest BCUT2D eigenvalue weighted by Gasteiger charge is -2.34. The molecule has 5 amide bonds. The molecule has 0 saturated carbocycles. The largest absolute Gasteiger partial charge is 0.332 e. The topological polar surface area (TPSA) is 96.8 Å². The van der Waals surface area contributed by atoms with Gasteiger partial charge in [-0.2, -0.15) is 5.26 Å². The number of likely N-dealkylation sites (tertiary alicyclic amines) is 1. The Morgan fingerprint density at radius 3 is 2.69 bits per heavy atom. The van der Waals surface area contributed by atoms with Gasteiger partial charge in [0.15, 0.2) is 0 Å². The van der Waals surface area contributed by atoms with E-state index in [-0.39, 0.29) is 28.6 Å². The van der Waals surface area contributed by atoms with Crippen LogP contribution in [-0.2, 0) is 4.79 Å². The van der Waals surface area contributed by atoms with Crippen molar-refractivity contribution < 1.29 is 14.4 Å². The van der Waals surface area contributed by atoms with E-state index in [4.69, 9.17) is 11.6 Å². The summed E-state index contributed by atoms with van der Waals surface area (Å²) in [5, 5.41) is 14.4. The van der Waals surface area contributed by atoms with E-state index >= 15 is 0 Å². The van der Waals surface area contributed by atoms with E-state index < -0.39 is 18.1 Å². The zero-order valence-corrected chi connectivity index (χ0v) is 19.5. The van der Waals surface area contributed by atoms with E-state index in [0.29, 0.717) is 29.9 Å². The van der Waals surface area contributed by atoms with E-state index in [2.05, 4.69) is 5.32 Å². The number of nitriles is 1. The number of amides is 5. The zero-order valence-electron chi connectivity index (χ0n) is 18.7. The maximum Gasteiger partial charge on any atom is 0.332 e. The normalized spacial score (nSPS) is 22.7. The first-order chi connectivity index (χ1) is 16.9. The number of hydrogen-bond donors (Lipinski definition) is 1. The maximum absolute atomic E-state index is 13.5. The van der Waals surface area contributed by atoms with Crippen molar-refractivity contribution in [3.8, 4) is 6.07 Å². The van der Waals surface area contributed by atoms with E-state index in [1.54, 1.807) is 22.8 Å². The Hall–Kier alpha value is -4.09. The summed E-state index contributed by atoms with van der Waals surface area (Å²) in [5.41, 5.74) is 1.84. The maximum atomic E-state index is 13.5. The Balaban J connectivity index is 1.28. The van der Waals surface area contributed by atoms with Crippen LogP contribution in [0.5, 0.6) is 0 Å². The number of carbonyl (C=O) groups is 3. The molecule has 1 N–H and O–H groups in total. The van der Waals surface area contributed by atoms with Crippen molar-refractivity contribution in [1.82, 2.24) is 9.80 Å². The number of imide groups is 1. The molecule has 0 radical (unpaired) electrons. The van der Waals surface area contributed by atoms with Crippen LogP contribution in [0.4, 0.5) is 21.0 Å². The number of rotatable bonds is 2. The monoisotopic (exact) mass is 485 g/mol. The first-order valence-electron chi connectivity index (χ1n) is 11.3. The number of hydrogen-bond acceptors (Lipinski definition) is 4. The van der Waals surface area contributed by atoms with Gasteiger partial charge in [0.2, 0.25) is 0 Å². The minimum absolute atomic E-state index is 0.219. The first-order valence-corrected chi connectivity index (χ1v) is 11.7. The molecule has 3 aliphatic heterocycles. The van der Waals surface area contributed by atoms with Gasteiger partial charge in [0.05, 0.1) is 34.0 Å². The number of piperazine rings is 1. The molecule has 2 bridgehead atoms. The van der Waals surface area contributed by atoms with Gasteiger partial charge >= 0.3 is 12.1 Å². The average Bonchev–Trinajstić information content (AvgIpc) is 3.53. The van der Waals surface area contributed by atoms with Crippen LogP contribution in [0, 0.1) is 18.3 Å². The number of anilines is 2. The van der Waals surface area contributed by atoms with E-state index in [9.17, 15) is 19.6 Å². The SMILES string of the molecule is Cc1c(N2C(=O)[C@H]3C4C[C@H](CN4C(=O)Nc4cccc5ccccc45)N3C2=O)ccc(C#N)c1Cl. The molecule has 3 heterocycles. The molecule has 3 saturated heterocycles. The van der Waals surface area contributed by atoms with Crippen LogP contribution in [0.3, 0.4) is 0 Å². The summed E-state index contributed by atoms with van der Waals surface area (Å²) >= 11 is 6.30. The fourth-order valence-electron chi connectivity index (χ4n) is 5.64. The highest BCUT2D eigenvalue weighted by molar-refractivity contribution is 6.33. The summed E-state index contributed by atoms with van der Waals surface area (Å²) < 4.78 is 0. The van der Waals surface area contributed by atoms with E-state index in [1.165, 1.54) is 6.07 Å². The molecule has 174 valence electrons. The number of carbonyl (C=O) groups excluding carboxylic acids is 3. The zero-order chi connectivity index (χ0) is 24.4. The Bertz CT molecular complexity index is 1480. The predicted molar refractivity (Wildman–Crippen MR) is 131 cm³/mol. The van der Waals surface area contributed by atoms with E-state index in [1.807, 2.05) is 48.5 Å². The highest BCUT2D eigenvalue weighted by Crippen LogP contribution is 2.44. The fourth-order valence-corrected chi connectivity index (χ4v) is 5.84. The number of urea groups is 2. The van der Waals surface area contributed by atoms with Crippen LogP contribution >= 0.6 is 11.6 Å². The summed E-state index contributed by atoms with van der Waals surface area (Å²) in [5.74, 6) is -0.381. The minimum Gasteiger partial charge on any atom is -0.317 e. The summed E-state index contributed by atoms with van der Waals surface area (Å²) in [6, 6.07) is 16.5. The molecule has 0 aliphatic carbocycles. The molecule has 3 aromatic carbocycles. The lowest BCUT2D eigenvalue weighted by molar-refractivity contribution is -0.120. The van der Waals surface area contributed by atoms with Crippen molar-refractivity contribution in [2.24, 2.45) is 0 Å². The fraction of sp³-hybridized carbons (Fsp3) is 0.231. The number of nitrogens with one attached hydrogen (secondary N) is 1. The predicted octanol–water partition coefficient (Wildman–Crippen LogP) is 4.50. The lowest BCUT2D eigenvalue weighted by atomic mass is 10.1. The Morgan fingerprint density at radius 1 is 1.11 bits per heavy atom. The van der Waals surface area contributed by atoms with Gasteiger partial charge in [-0.1, -0.05) is 48.0 Å². The minimum atomic E-state index is -0.742. The van der Waals surface area contributed by atoms with Crippen molar-refractivity contribution in [1.29, 1.82) is 5.26 Å². The Kier molecular flexibility index (Phi) is 4.73. The van der Waals surface area contributed by atoms with Crippen molar-refractivity contribution >= 4 is 51.7 Å². The van der Waals surface area contributed by atoms with Gasteiger partial charge in [-0.05, 0) is 42.5 Å². The van der Waals surface area contributed by atoms with Crippen LogP contribution in [0.1, 0.15) is 17.5 Å². The third-order valence-electron chi connectivity index (χ3n) is 7.28. The number of nitrogens with zero attached hydrogens (tertiary/aromatic N) is 4. The van der Waals surface area contributed by atoms with Crippen molar-refractivity contribution in [3.63, 3.8) is 0 Å². The number of fused-ring (bicyclic) bond motifs is 6. The molecule has 3 fully saturated rings. The third-order valence-corrected chi connectivity index (χ3v) is 7.76. The van der Waals surface area contributed by atoms with Crippen LogP contribution in [0.25, 0.3) is 10.8 Å². The van der Waals surface area contributed by atoms with Gasteiger partial charge in [0, 0.05) is 11.9 Å². The smallest absolute Gasteiger partial charge is 0.317 e. The standard InChI is InChI=1S/C26H20ClN5O3/c1-14-20(10-9-16(12-28)22(14)27)32-24(33)23-21-11-17(31(23)26(32)35)13-30(21)25(34)29-19-8-4-6-15-5-2-3-7-18(15)19/h2-10,17,21,23H,11,13H2,1H3,(H,29,34)/t17-,21?,23-/m1/s1. The van der Waals surface area contributed by atoms with Crippen LogP contribution in [0.2, 0.25) is 5.02 Å². The molecule has 0 spiro atoms. The van der Waals surface area contributed by atoms with Crippen LogP contribution in [-0.4, -0.2) is 52.4 Å². The molecule has 8 nitrogen and oxygen atoms in total. The van der Waals surface area contributed by atoms with Crippen molar-refractivity contribution in [2.45, 2.75) is 31.5 Å². The van der Waals surface area contributed by atoms with E-state index in [0.717, 1.165) is 15.7 Å². The van der Waals surface area contributed by atoms with Gasteiger partial charge in [-0.3, -0.25) is 4.79 Å². The summed E-state index contributed by atoms with van der Waals surface area (Å²) in [4.78, 5) is 44.5. The van der Waals surface area contributed by atoms with Crippen molar-refractivity contribution in [3.05, 3.63) is 70.7 Å². The molecule has 3 aromatic rings. The van der Waals surface area contributed by atoms with Crippen LogP contribution < -0.4 is 10.2 Å². The molecule has 3 aliphatic rings. The Labute approximate surface area is 206 Å². The number of halogens is 1. The van der Waals surface area contributed by atoms with Crippen molar-refractivity contribution in [2.75, 3.05) is 16.8 Å². The van der Waals surface area contributed by atoms with Gasteiger partial charge in [-0.15, -0.1) is 0 Å². The van der Waals surface area contributed by atoms with Gasteiger partial charge in [-0.25, -0.2) is 14.5 Å². The summed E-state index contributed by atoms with van der Waals surface area (Å²) in [6.07, 6.45) is 0.562. The molecule has 0 aromatic heterocycles. The lowest BCUT2D eigenvalue weighted by Crippen LogP contribution is -2.55. The Morgan fingerprint density at radius 2 is 1.89 bits per heavy atom.